The lowest BCUT2D eigenvalue weighted by molar-refractivity contribution is 0.104. The lowest BCUT2D eigenvalue weighted by atomic mass is 10.1. The summed E-state index contributed by atoms with van der Waals surface area (Å²) in [5.41, 5.74) is 0. The van der Waals surface area contributed by atoms with Crippen LogP contribution in [0.1, 0.15) is 39.5 Å². The van der Waals surface area contributed by atoms with Crippen molar-refractivity contribution in [2.45, 2.75) is 51.6 Å². The quantitative estimate of drug-likeness (QED) is 0.742. The van der Waals surface area contributed by atoms with E-state index < -0.39 is 0 Å². The van der Waals surface area contributed by atoms with Gasteiger partial charge in [0, 0.05) is 38.3 Å². The van der Waals surface area contributed by atoms with Crippen molar-refractivity contribution in [1.82, 2.24) is 19.6 Å². The van der Waals surface area contributed by atoms with Gasteiger partial charge in [0.2, 0.25) is 0 Å². The lowest BCUT2D eigenvalue weighted by Crippen LogP contribution is -2.49. The van der Waals surface area contributed by atoms with Crippen molar-refractivity contribution in [1.29, 1.82) is 0 Å². The van der Waals surface area contributed by atoms with Gasteiger partial charge >= 0.3 is 0 Å². The lowest BCUT2D eigenvalue weighted by Gasteiger charge is -2.37. The Morgan fingerprint density at radius 2 is 1.50 bits per heavy atom. The van der Waals surface area contributed by atoms with Gasteiger partial charge < -0.3 is 14.7 Å². The SMILES string of the molecule is CC(C)N1CCN(CCCN2CCC[C@H](N(C)C)CC2)CC1. The van der Waals surface area contributed by atoms with Crippen LogP contribution in [-0.2, 0) is 0 Å². The van der Waals surface area contributed by atoms with Crippen LogP contribution in [0.15, 0.2) is 0 Å². The molecule has 22 heavy (non-hydrogen) atoms. The topological polar surface area (TPSA) is 13.0 Å². The van der Waals surface area contributed by atoms with Crippen molar-refractivity contribution < 1.29 is 0 Å². The number of likely N-dealkylation sites (tertiary alicyclic amines) is 1. The van der Waals surface area contributed by atoms with E-state index in [-0.39, 0.29) is 0 Å². The fourth-order valence-corrected chi connectivity index (χ4v) is 3.90. The molecule has 4 nitrogen and oxygen atoms in total. The van der Waals surface area contributed by atoms with Gasteiger partial charge in [-0.05, 0) is 79.8 Å². The van der Waals surface area contributed by atoms with Crippen LogP contribution < -0.4 is 0 Å². The van der Waals surface area contributed by atoms with E-state index in [2.05, 4.69) is 47.5 Å². The van der Waals surface area contributed by atoms with Crippen molar-refractivity contribution in [3.63, 3.8) is 0 Å². The number of piperazine rings is 1. The smallest absolute Gasteiger partial charge is 0.0113 e. The largest absolute Gasteiger partial charge is 0.306 e. The second-order valence-corrected chi connectivity index (χ2v) is 7.71. The highest BCUT2D eigenvalue weighted by atomic mass is 15.3. The minimum absolute atomic E-state index is 0.712. The van der Waals surface area contributed by atoms with Crippen molar-refractivity contribution in [2.24, 2.45) is 0 Å². The third kappa shape index (κ3) is 5.80. The molecule has 2 heterocycles. The molecule has 0 aromatic heterocycles. The van der Waals surface area contributed by atoms with Gasteiger partial charge in [-0.3, -0.25) is 4.90 Å². The van der Waals surface area contributed by atoms with E-state index in [1.807, 2.05) is 0 Å². The fraction of sp³-hybridized carbons (Fsp3) is 1.00. The normalized spacial score (nSPS) is 26.7. The maximum absolute atomic E-state index is 2.70. The number of hydrogen-bond donors (Lipinski definition) is 0. The molecule has 2 rings (SSSR count). The van der Waals surface area contributed by atoms with Crippen LogP contribution in [0.25, 0.3) is 0 Å². The molecule has 0 saturated carbocycles. The third-order valence-electron chi connectivity index (χ3n) is 5.61. The summed E-state index contributed by atoms with van der Waals surface area (Å²) in [4.78, 5) is 10.4. The Balaban J connectivity index is 1.59. The Morgan fingerprint density at radius 3 is 2.09 bits per heavy atom. The van der Waals surface area contributed by atoms with Gasteiger partial charge in [-0.15, -0.1) is 0 Å². The molecule has 0 unspecified atom stereocenters. The first-order chi connectivity index (χ1) is 10.6. The zero-order chi connectivity index (χ0) is 15.9. The molecule has 0 aromatic rings. The minimum atomic E-state index is 0.712. The first-order valence-corrected chi connectivity index (χ1v) is 9.41. The second-order valence-electron chi connectivity index (χ2n) is 7.71. The monoisotopic (exact) mass is 310 g/mol. The van der Waals surface area contributed by atoms with Gasteiger partial charge in [-0.2, -0.15) is 0 Å². The molecule has 0 radical (unpaired) electrons. The number of nitrogens with zero attached hydrogens (tertiary/aromatic N) is 4. The Kier molecular flexibility index (Phi) is 7.61. The molecule has 0 aliphatic carbocycles. The van der Waals surface area contributed by atoms with Crippen molar-refractivity contribution in [3.8, 4) is 0 Å². The van der Waals surface area contributed by atoms with E-state index in [1.54, 1.807) is 0 Å². The molecule has 2 saturated heterocycles. The summed E-state index contributed by atoms with van der Waals surface area (Å²) in [5.74, 6) is 0. The molecule has 0 bridgehead atoms. The van der Waals surface area contributed by atoms with Crippen LogP contribution in [0.3, 0.4) is 0 Å². The molecule has 0 amide bonds. The first kappa shape index (κ1) is 18.2. The number of hydrogen-bond acceptors (Lipinski definition) is 4. The van der Waals surface area contributed by atoms with Crippen LogP contribution in [0, 0.1) is 0 Å². The zero-order valence-electron chi connectivity index (χ0n) is 15.4. The minimum Gasteiger partial charge on any atom is -0.306 e. The fourth-order valence-electron chi connectivity index (χ4n) is 3.90. The zero-order valence-corrected chi connectivity index (χ0v) is 15.4. The molecule has 0 N–H and O–H groups in total. The van der Waals surface area contributed by atoms with E-state index in [0.717, 1.165) is 6.04 Å². The summed E-state index contributed by atoms with van der Waals surface area (Å²) >= 11 is 0. The van der Waals surface area contributed by atoms with Gasteiger partial charge in [0.05, 0.1) is 0 Å². The summed E-state index contributed by atoms with van der Waals surface area (Å²) in [7, 11) is 4.47. The summed E-state index contributed by atoms with van der Waals surface area (Å²) in [6.45, 7) is 14.9. The number of rotatable bonds is 6. The molecule has 2 aliphatic heterocycles. The van der Waals surface area contributed by atoms with Gasteiger partial charge in [0.15, 0.2) is 0 Å². The van der Waals surface area contributed by atoms with Crippen LogP contribution in [0.4, 0.5) is 0 Å². The summed E-state index contributed by atoms with van der Waals surface area (Å²) in [6, 6.07) is 1.51. The van der Waals surface area contributed by atoms with Crippen molar-refractivity contribution in [2.75, 3.05) is 66.5 Å². The summed E-state index contributed by atoms with van der Waals surface area (Å²) in [6.07, 6.45) is 5.44. The summed E-state index contributed by atoms with van der Waals surface area (Å²) < 4.78 is 0. The maximum Gasteiger partial charge on any atom is 0.0113 e. The molecular formula is C18H38N4. The van der Waals surface area contributed by atoms with Crippen LogP contribution in [-0.4, -0.2) is 98.1 Å². The molecule has 0 spiro atoms. The van der Waals surface area contributed by atoms with Crippen molar-refractivity contribution in [3.05, 3.63) is 0 Å². The Bertz CT molecular complexity index is 297. The van der Waals surface area contributed by atoms with Gasteiger partial charge in [-0.1, -0.05) is 0 Å². The Hall–Kier alpha value is -0.160. The molecule has 4 heteroatoms. The highest BCUT2D eigenvalue weighted by Crippen LogP contribution is 2.15. The van der Waals surface area contributed by atoms with Crippen molar-refractivity contribution >= 4 is 0 Å². The molecule has 130 valence electrons. The predicted molar refractivity (Wildman–Crippen MR) is 95.5 cm³/mol. The second kappa shape index (κ2) is 9.21. The average Bonchev–Trinajstić information content (AvgIpc) is 2.73. The van der Waals surface area contributed by atoms with Gasteiger partial charge in [0.1, 0.15) is 0 Å². The summed E-state index contributed by atoms with van der Waals surface area (Å²) in [5, 5.41) is 0. The van der Waals surface area contributed by atoms with Crippen LogP contribution in [0.5, 0.6) is 0 Å². The van der Waals surface area contributed by atoms with E-state index in [9.17, 15) is 0 Å². The van der Waals surface area contributed by atoms with Gasteiger partial charge in [-0.25, -0.2) is 0 Å². The highest BCUT2D eigenvalue weighted by molar-refractivity contribution is 4.76. The van der Waals surface area contributed by atoms with Crippen LogP contribution >= 0.6 is 0 Å². The molecule has 0 aromatic carbocycles. The van der Waals surface area contributed by atoms with Gasteiger partial charge in [0.25, 0.3) is 0 Å². The molecular weight excluding hydrogens is 272 g/mol. The predicted octanol–water partition coefficient (Wildman–Crippen LogP) is 1.82. The van der Waals surface area contributed by atoms with E-state index >= 15 is 0 Å². The molecule has 2 fully saturated rings. The standard InChI is InChI=1S/C18H38N4/c1-17(2)22-15-13-21(14-16-22)11-6-10-20-9-5-7-18(8-12-20)19(3)4/h17-18H,5-16H2,1-4H3/t18-/m0/s1. The maximum atomic E-state index is 2.70. The first-order valence-electron chi connectivity index (χ1n) is 9.41. The third-order valence-corrected chi connectivity index (χ3v) is 5.61. The molecule has 1 atom stereocenters. The Morgan fingerprint density at radius 1 is 0.864 bits per heavy atom. The average molecular weight is 311 g/mol. The van der Waals surface area contributed by atoms with E-state index in [4.69, 9.17) is 0 Å². The van der Waals surface area contributed by atoms with E-state index in [0.29, 0.717) is 6.04 Å². The van der Waals surface area contributed by atoms with Crippen LogP contribution in [0.2, 0.25) is 0 Å². The highest BCUT2D eigenvalue weighted by Gasteiger charge is 2.20. The Labute approximate surface area is 138 Å². The van der Waals surface area contributed by atoms with E-state index in [1.165, 1.54) is 78.0 Å². The molecule has 2 aliphatic rings.